The van der Waals surface area contributed by atoms with Crippen LogP contribution in [0.5, 0.6) is 0 Å². The Morgan fingerprint density at radius 2 is 1.79 bits per heavy atom. The van der Waals surface area contributed by atoms with E-state index in [1.165, 1.54) is 18.0 Å². The number of carbonyl (C=O) groups is 1. The van der Waals surface area contributed by atoms with Crippen molar-refractivity contribution in [1.29, 1.82) is 5.26 Å². The SMILES string of the molecule is CCC(C(=O)N(C)C(C)C)[As](CC(F)(F)F)c1ccc(C#N)c(C(F)(F)F)c1. The molecule has 0 aliphatic carbocycles. The Kier molecular flexibility index (Phi) is 8.01. The summed E-state index contributed by atoms with van der Waals surface area (Å²) in [4.78, 5) is 14.1. The van der Waals surface area contributed by atoms with Gasteiger partial charge in [-0.2, -0.15) is 0 Å². The van der Waals surface area contributed by atoms with Crippen molar-refractivity contribution in [3.05, 3.63) is 29.3 Å². The molecule has 28 heavy (non-hydrogen) atoms. The number of hydrogen-bond acceptors (Lipinski definition) is 2. The summed E-state index contributed by atoms with van der Waals surface area (Å²) >= 11 is -3.33. The minimum atomic E-state index is -4.88. The van der Waals surface area contributed by atoms with Crippen LogP contribution in [-0.4, -0.2) is 44.7 Å². The zero-order chi connectivity index (χ0) is 21.9. The van der Waals surface area contributed by atoms with E-state index in [9.17, 15) is 31.1 Å². The molecule has 0 aliphatic heterocycles. The van der Waals surface area contributed by atoms with Crippen LogP contribution in [0.1, 0.15) is 38.3 Å². The van der Waals surface area contributed by atoms with Crippen LogP contribution in [0, 0.1) is 11.3 Å². The second kappa shape index (κ2) is 9.21. The van der Waals surface area contributed by atoms with Crippen LogP contribution in [-0.2, 0) is 11.0 Å². The average molecular weight is 470 g/mol. The molecule has 3 nitrogen and oxygen atoms in total. The first-order valence-corrected chi connectivity index (χ1v) is 11.8. The molecule has 2 atom stereocenters. The topological polar surface area (TPSA) is 44.1 Å². The van der Waals surface area contributed by atoms with Crippen molar-refractivity contribution in [1.82, 2.24) is 4.90 Å². The quantitative estimate of drug-likeness (QED) is 0.455. The molecule has 0 saturated heterocycles. The van der Waals surface area contributed by atoms with Crippen molar-refractivity contribution >= 4 is 24.9 Å². The van der Waals surface area contributed by atoms with Crippen LogP contribution in [0.3, 0.4) is 0 Å². The fraction of sp³-hybridized carbons (Fsp3) is 0.556. The Balaban J connectivity index is 3.54. The van der Waals surface area contributed by atoms with Gasteiger partial charge in [-0.3, -0.25) is 0 Å². The molecule has 0 radical (unpaired) electrons. The molecule has 0 heterocycles. The number of hydrogen-bond donors (Lipinski definition) is 0. The van der Waals surface area contributed by atoms with Gasteiger partial charge in [-0.15, -0.1) is 0 Å². The molecule has 0 fully saturated rings. The standard InChI is InChI=1S/C18H21AsF6N2O/c1-5-15(16(28)27(4)11(2)3)19(10-17(20,21)22)13-7-6-12(9-26)14(8-13)18(23,24)25/h6-8,11,15H,5,10H2,1-4H3. The van der Waals surface area contributed by atoms with E-state index < -0.39 is 54.0 Å². The monoisotopic (exact) mass is 470 g/mol. The van der Waals surface area contributed by atoms with E-state index in [4.69, 9.17) is 5.26 Å². The van der Waals surface area contributed by atoms with Gasteiger partial charge in [0, 0.05) is 0 Å². The summed E-state index contributed by atoms with van der Waals surface area (Å²) in [7, 11) is 1.47. The second-order valence-electron chi connectivity index (χ2n) is 6.55. The number of rotatable bonds is 6. The number of carbonyl (C=O) groups excluding carboxylic acids is 1. The zero-order valence-corrected chi connectivity index (χ0v) is 17.7. The van der Waals surface area contributed by atoms with Crippen LogP contribution >= 0.6 is 0 Å². The maximum absolute atomic E-state index is 13.3. The van der Waals surface area contributed by atoms with E-state index in [2.05, 4.69) is 0 Å². The third-order valence-electron chi connectivity index (χ3n) is 4.28. The molecule has 0 saturated carbocycles. The first-order valence-electron chi connectivity index (χ1n) is 8.44. The van der Waals surface area contributed by atoms with Gasteiger partial charge in [0.1, 0.15) is 0 Å². The van der Waals surface area contributed by atoms with Gasteiger partial charge in [0.2, 0.25) is 0 Å². The summed E-state index contributed by atoms with van der Waals surface area (Å²) in [6.07, 6.45) is -9.40. The van der Waals surface area contributed by atoms with E-state index >= 15 is 0 Å². The van der Waals surface area contributed by atoms with Gasteiger partial charge in [0.05, 0.1) is 0 Å². The molecule has 0 aliphatic rings. The van der Waals surface area contributed by atoms with Crippen molar-refractivity contribution < 1.29 is 31.1 Å². The van der Waals surface area contributed by atoms with Crippen molar-refractivity contribution in [2.75, 3.05) is 7.05 Å². The van der Waals surface area contributed by atoms with Crippen LogP contribution in [0.15, 0.2) is 18.2 Å². The molecule has 10 heteroatoms. The van der Waals surface area contributed by atoms with Crippen LogP contribution < -0.4 is 4.35 Å². The number of alkyl halides is 6. The number of benzene rings is 1. The fourth-order valence-electron chi connectivity index (χ4n) is 2.64. The molecule has 1 rings (SSSR count). The van der Waals surface area contributed by atoms with Crippen molar-refractivity contribution in [2.24, 2.45) is 0 Å². The molecular weight excluding hydrogens is 449 g/mol. The zero-order valence-electron chi connectivity index (χ0n) is 15.8. The second-order valence-corrected chi connectivity index (χ2v) is 11.6. The Labute approximate surface area is 164 Å². The van der Waals surface area contributed by atoms with E-state index in [-0.39, 0.29) is 16.8 Å². The summed E-state index contributed by atoms with van der Waals surface area (Å²) < 4.78 is 78.3. The minimum absolute atomic E-state index is 0.0906. The molecule has 2 unspecified atom stereocenters. The number of nitrogens with zero attached hydrogens (tertiary/aromatic N) is 2. The van der Waals surface area contributed by atoms with Gasteiger partial charge >= 0.3 is 164 Å². The molecule has 1 aromatic rings. The Morgan fingerprint density at radius 3 is 2.18 bits per heavy atom. The maximum atomic E-state index is 13.3. The van der Waals surface area contributed by atoms with Gasteiger partial charge in [-0.1, -0.05) is 0 Å². The molecule has 1 amide bonds. The summed E-state index contributed by atoms with van der Waals surface area (Å²) in [6.45, 7) is 4.97. The van der Waals surface area contributed by atoms with Crippen molar-refractivity contribution in [3.8, 4) is 6.07 Å². The van der Waals surface area contributed by atoms with Crippen molar-refractivity contribution in [3.63, 3.8) is 0 Å². The van der Waals surface area contributed by atoms with Crippen molar-refractivity contribution in [2.45, 2.75) is 55.5 Å². The van der Waals surface area contributed by atoms with E-state index in [0.717, 1.165) is 12.1 Å². The van der Waals surface area contributed by atoms with E-state index in [0.29, 0.717) is 6.07 Å². The molecule has 0 bridgehead atoms. The third kappa shape index (κ3) is 6.16. The molecule has 0 N–H and O–H groups in total. The summed E-state index contributed by atoms with van der Waals surface area (Å²) in [6, 6.07) is 3.80. The summed E-state index contributed by atoms with van der Waals surface area (Å²) in [5, 5.41) is 7.60. The predicted octanol–water partition coefficient (Wildman–Crippen LogP) is 4.49. The fourth-order valence-corrected chi connectivity index (χ4v) is 8.09. The van der Waals surface area contributed by atoms with Gasteiger partial charge in [-0.25, -0.2) is 0 Å². The van der Waals surface area contributed by atoms with Gasteiger partial charge in [-0.05, 0) is 0 Å². The van der Waals surface area contributed by atoms with Crippen LogP contribution in [0.4, 0.5) is 26.3 Å². The average Bonchev–Trinajstić information content (AvgIpc) is 2.58. The Morgan fingerprint density at radius 1 is 1.21 bits per heavy atom. The molecule has 0 spiro atoms. The van der Waals surface area contributed by atoms with Gasteiger partial charge < -0.3 is 0 Å². The normalized spacial score (nSPS) is 14.5. The third-order valence-corrected chi connectivity index (χ3v) is 10.5. The van der Waals surface area contributed by atoms with Gasteiger partial charge in [0.15, 0.2) is 0 Å². The molecule has 1 aromatic carbocycles. The number of halogens is 6. The number of amides is 1. The predicted molar refractivity (Wildman–Crippen MR) is 94.4 cm³/mol. The number of nitriles is 1. The van der Waals surface area contributed by atoms with Gasteiger partial charge in [0.25, 0.3) is 0 Å². The Bertz CT molecular complexity index is 739. The summed E-state index contributed by atoms with van der Waals surface area (Å²) in [5.74, 6) is -0.500. The van der Waals surface area contributed by atoms with Crippen LogP contribution in [0.2, 0.25) is 9.91 Å². The van der Waals surface area contributed by atoms with E-state index in [1.54, 1.807) is 20.8 Å². The van der Waals surface area contributed by atoms with E-state index in [1.807, 2.05) is 0 Å². The first kappa shape index (κ1) is 24.4. The molecule has 156 valence electrons. The Hall–Kier alpha value is -1.68. The first-order chi connectivity index (χ1) is 12.7. The van der Waals surface area contributed by atoms with Crippen LogP contribution in [0.25, 0.3) is 0 Å². The molecule has 0 aromatic heterocycles. The summed E-state index contributed by atoms with van der Waals surface area (Å²) in [5.41, 5.74) is -1.93. The molecular formula is C18H21AsF6N2O.